The number of hydrogen-bond acceptors (Lipinski definition) is 5. The van der Waals surface area contributed by atoms with Crippen LogP contribution < -0.4 is 5.32 Å². The number of halogens is 2. The van der Waals surface area contributed by atoms with Gasteiger partial charge in [0.1, 0.15) is 5.82 Å². The molecule has 1 heterocycles. The number of carbonyl (C=O) groups excluding carboxylic acids is 1. The van der Waals surface area contributed by atoms with Gasteiger partial charge in [0.25, 0.3) is 0 Å². The number of aromatic nitrogens is 4. The third kappa shape index (κ3) is 4.77. The van der Waals surface area contributed by atoms with Gasteiger partial charge in [0.15, 0.2) is 0 Å². The number of thioether (sulfide) groups is 1. The number of tetrazole rings is 1. The van der Waals surface area contributed by atoms with E-state index in [0.29, 0.717) is 17.4 Å². The lowest BCUT2D eigenvalue weighted by Gasteiger charge is -2.07. The molecule has 0 saturated heterocycles. The zero-order valence-electron chi connectivity index (χ0n) is 12.9. The lowest BCUT2D eigenvalue weighted by atomic mass is 10.2. The maximum absolute atomic E-state index is 13.0. The Kier molecular flexibility index (Phi) is 5.62. The summed E-state index contributed by atoms with van der Waals surface area (Å²) in [6.07, 6.45) is 0. The fourth-order valence-electron chi connectivity index (χ4n) is 2.06. The first kappa shape index (κ1) is 17.4. The first-order valence-electron chi connectivity index (χ1n) is 7.29. The van der Waals surface area contributed by atoms with Gasteiger partial charge >= 0.3 is 0 Å². The van der Waals surface area contributed by atoms with Gasteiger partial charge in [-0.15, -0.1) is 5.10 Å². The maximum Gasteiger partial charge on any atom is 0.234 e. The molecule has 0 fully saturated rings. The average Bonchev–Trinajstić information content (AvgIpc) is 3.03. The Morgan fingerprint density at radius 1 is 1.24 bits per heavy atom. The number of amides is 1. The van der Waals surface area contributed by atoms with Crippen LogP contribution in [0.2, 0.25) is 5.02 Å². The van der Waals surface area contributed by atoms with Crippen LogP contribution >= 0.6 is 23.4 Å². The van der Waals surface area contributed by atoms with Gasteiger partial charge < -0.3 is 5.32 Å². The smallest absolute Gasteiger partial charge is 0.234 e. The van der Waals surface area contributed by atoms with Crippen molar-refractivity contribution in [3.63, 3.8) is 0 Å². The van der Waals surface area contributed by atoms with Crippen LogP contribution in [0.15, 0.2) is 53.7 Å². The monoisotopic (exact) mass is 377 g/mol. The summed E-state index contributed by atoms with van der Waals surface area (Å²) in [5.41, 5.74) is 1.41. The highest BCUT2D eigenvalue weighted by molar-refractivity contribution is 7.99. The Morgan fingerprint density at radius 2 is 2.04 bits per heavy atom. The Morgan fingerprint density at radius 3 is 2.80 bits per heavy atom. The Hall–Kier alpha value is -2.45. The minimum Gasteiger partial charge on any atom is -0.324 e. The summed E-state index contributed by atoms with van der Waals surface area (Å²) in [5, 5.41) is 14.8. The molecule has 1 aromatic heterocycles. The van der Waals surface area contributed by atoms with Gasteiger partial charge in [-0.3, -0.25) is 4.79 Å². The number of anilines is 1. The fourth-order valence-corrected chi connectivity index (χ4v) is 2.95. The summed E-state index contributed by atoms with van der Waals surface area (Å²) in [7, 11) is 0. The van der Waals surface area contributed by atoms with Gasteiger partial charge in [0.05, 0.1) is 23.0 Å². The molecule has 0 atom stereocenters. The fraction of sp³-hybridized carbons (Fsp3) is 0.125. The average molecular weight is 378 g/mol. The number of carbonyl (C=O) groups is 1. The molecular weight excluding hydrogens is 365 g/mol. The van der Waals surface area contributed by atoms with E-state index >= 15 is 0 Å². The van der Waals surface area contributed by atoms with Crippen molar-refractivity contribution in [2.45, 2.75) is 11.7 Å². The molecule has 0 unspecified atom stereocenters. The molecule has 0 spiro atoms. The summed E-state index contributed by atoms with van der Waals surface area (Å²) >= 11 is 7.10. The van der Waals surface area contributed by atoms with Gasteiger partial charge in [-0.05, 0) is 34.2 Å². The van der Waals surface area contributed by atoms with Gasteiger partial charge in [-0.2, -0.15) is 0 Å². The summed E-state index contributed by atoms with van der Waals surface area (Å²) in [6.45, 7) is 0.515. The molecule has 2 aromatic carbocycles. The minimum atomic E-state index is -0.461. The highest BCUT2D eigenvalue weighted by Crippen LogP contribution is 2.23. The molecule has 0 bridgehead atoms. The van der Waals surface area contributed by atoms with Gasteiger partial charge in [-0.25, -0.2) is 9.07 Å². The topological polar surface area (TPSA) is 72.7 Å². The summed E-state index contributed by atoms with van der Waals surface area (Å²) in [6, 6.07) is 13.5. The SMILES string of the molecule is O=C(CSc1nnnn1Cc1ccccc1)Nc1ccc(F)cc1Cl. The lowest BCUT2D eigenvalue weighted by molar-refractivity contribution is -0.113. The molecule has 9 heteroatoms. The van der Waals surface area contributed by atoms with Crippen LogP contribution in [0.5, 0.6) is 0 Å². The van der Waals surface area contributed by atoms with Gasteiger partial charge in [0.2, 0.25) is 11.1 Å². The van der Waals surface area contributed by atoms with Crippen molar-refractivity contribution in [2.75, 3.05) is 11.1 Å². The Labute approximate surface area is 152 Å². The largest absolute Gasteiger partial charge is 0.324 e. The Balaban J connectivity index is 1.58. The van der Waals surface area contributed by atoms with E-state index in [0.717, 1.165) is 11.6 Å². The van der Waals surface area contributed by atoms with Crippen LogP contribution in [-0.2, 0) is 11.3 Å². The molecule has 6 nitrogen and oxygen atoms in total. The molecule has 128 valence electrons. The second-order valence-corrected chi connectivity index (χ2v) is 6.42. The summed E-state index contributed by atoms with van der Waals surface area (Å²) in [4.78, 5) is 12.1. The zero-order valence-corrected chi connectivity index (χ0v) is 14.5. The van der Waals surface area contributed by atoms with Crippen LogP contribution in [0.4, 0.5) is 10.1 Å². The highest BCUT2D eigenvalue weighted by Gasteiger charge is 2.12. The maximum atomic E-state index is 13.0. The molecule has 0 aliphatic carbocycles. The molecule has 1 N–H and O–H groups in total. The van der Waals surface area contributed by atoms with Crippen LogP contribution in [0.25, 0.3) is 0 Å². The first-order chi connectivity index (χ1) is 12.1. The standard InChI is InChI=1S/C16H13ClFN5OS/c17-13-8-12(18)6-7-14(13)19-15(24)10-25-16-20-21-22-23(16)9-11-4-2-1-3-5-11/h1-8H,9-10H2,(H,19,24). The van der Waals surface area contributed by atoms with Crippen LogP contribution in [0, 0.1) is 5.82 Å². The van der Waals surface area contributed by atoms with Crippen molar-refractivity contribution in [1.82, 2.24) is 20.2 Å². The van der Waals surface area contributed by atoms with Crippen LogP contribution in [-0.4, -0.2) is 31.9 Å². The summed E-state index contributed by atoms with van der Waals surface area (Å²) < 4.78 is 14.6. The van der Waals surface area contributed by atoms with Crippen LogP contribution in [0.3, 0.4) is 0 Å². The van der Waals surface area contributed by atoms with Crippen molar-refractivity contribution < 1.29 is 9.18 Å². The quantitative estimate of drug-likeness (QED) is 0.667. The molecule has 0 radical (unpaired) electrons. The number of nitrogens with one attached hydrogen (secondary N) is 1. The van der Waals surface area contributed by atoms with E-state index < -0.39 is 5.82 Å². The van der Waals surface area contributed by atoms with E-state index in [4.69, 9.17) is 11.6 Å². The van der Waals surface area contributed by atoms with E-state index in [9.17, 15) is 9.18 Å². The third-order valence-corrected chi connectivity index (χ3v) is 4.48. The number of nitrogens with zero attached hydrogens (tertiary/aromatic N) is 4. The van der Waals surface area contributed by atoms with E-state index in [1.807, 2.05) is 30.3 Å². The van der Waals surface area contributed by atoms with E-state index in [2.05, 4.69) is 20.8 Å². The lowest BCUT2D eigenvalue weighted by Crippen LogP contribution is -2.15. The molecular formula is C16H13ClFN5OS. The predicted octanol–water partition coefficient (Wildman–Crippen LogP) is 3.24. The zero-order chi connectivity index (χ0) is 17.6. The van der Waals surface area contributed by atoms with Crippen molar-refractivity contribution in [1.29, 1.82) is 0 Å². The van der Waals surface area contributed by atoms with Crippen molar-refractivity contribution in [2.24, 2.45) is 0 Å². The van der Waals surface area contributed by atoms with Crippen molar-refractivity contribution in [3.05, 3.63) is 64.9 Å². The third-order valence-electron chi connectivity index (χ3n) is 3.21. The van der Waals surface area contributed by atoms with Gasteiger partial charge in [-0.1, -0.05) is 53.7 Å². The van der Waals surface area contributed by atoms with E-state index in [-0.39, 0.29) is 16.7 Å². The normalized spacial score (nSPS) is 10.6. The highest BCUT2D eigenvalue weighted by atomic mass is 35.5. The second-order valence-electron chi connectivity index (χ2n) is 5.07. The summed E-state index contributed by atoms with van der Waals surface area (Å²) in [5.74, 6) is -0.645. The predicted molar refractivity (Wildman–Crippen MR) is 94.1 cm³/mol. The van der Waals surface area contributed by atoms with Crippen molar-refractivity contribution >= 4 is 35.0 Å². The van der Waals surface area contributed by atoms with E-state index in [1.165, 1.54) is 23.9 Å². The van der Waals surface area contributed by atoms with Crippen LogP contribution in [0.1, 0.15) is 5.56 Å². The first-order valence-corrected chi connectivity index (χ1v) is 8.66. The second kappa shape index (κ2) is 8.09. The molecule has 0 aliphatic heterocycles. The molecule has 1 amide bonds. The Bertz CT molecular complexity index is 874. The molecule has 0 saturated carbocycles. The van der Waals surface area contributed by atoms with Gasteiger partial charge in [0, 0.05) is 0 Å². The number of rotatable bonds is 6. The number of hydrogen-bond donors (Lipinski definition) is 1. The molecule has 25 heavy (non-hydrogen) atoms. The number of benzene rings is 2. The van der Waals surface area contributed by atoms with Crippen molar-refractivity contribution in [3.8, 4) is 0 Å². The molecule has 3 aromatic rings. The molecule has 0 aliphatic rings. The molecule has 3 rings (SSSR count). The minimum absolute atomic E-state index is 0.100. The van der Waals surface area contributed by atoms with E-state index in [1.54, 1.807) is 4.68 Å².